The Balaban J connectivity index is 3.85. The topological polar surface area (TPSA) is 41.1 Å². The fourth-order valence-electron chi connectivity index (χ4n) is 1.33. The fraction of sp³-hybridized carbons (Fsp3) is 0.909. The van der Waals surface area contributed by atoms with Crippen LogP contribution < -0.4 is 10.6 Å². The first-order valence-corrected chi connectivity index (χ1v) is 7.10. The van der Waals surface area contributed by atoms with Crippen molar-refractivity contribution in [1.29, 1.82) is 0 Å². The molecule has 0 aromatic heterocycles. The summed E-state index contributed by atoms with van der Waals surface area (Å²) in [6.07, 6.45) is -3.48. The molecule has 2 unspecified atom stereocenters. The van der Waals surface area contributed by atoms with Crippen molar-refractivity contribution in [2.45, 2.75) is 45.5 Å². The Kier molecular flexibility index (Phi) is 8.43. The average Bonchev–Trinajstić information content (AvgIpc) is 2.25. The maximum absolute atomic E-state index is 11.9. The number of carbonyl (C=O) groups excluding carboxylic acids is 1. The van der Waals surface area contributed by atoms with Gasteiger partial charge in [-0.3, -0.25) is 4.79 Å². The van der Waals surface area contributed by atoms with Gasteiger partial charge in [0.15, 0.2) is 0 Å². The van der Waals surface area contributed by atoms with Gasteiger partial charge in [-0.2, -0.15) is 24.9 Å². The highest BCUT2D eigenvalue weighted by atomic mass is 32.2. The van der Waals surface area contributed by atoms with Gasteiger partial charge in [0.2, 0.25) is 5.91 Å². The van der Waals surface area contributed by atoms with E-state index in [1.807, 2.05) is 12.2 Å². The van der Waals surface area contributed by atoms with E-state index in [0.29, 0.717) is 0 Å². The number of halogens is 3. The molecule has 108 valence electrons. The second-order valence-electron chi connectivity index (χ2n) is 4.11. The zero-order valence-corrected chi connectivity index (χ0v) is 11.8. The van der Waals surface area contributed by atoms with Crippen molar-refractivity contribution in [3.63, 3.8) is 0 Å². The van der Waals surface area contributed by atoms with Gasteiger partial charge in [-0.15, -0.1) is 0 Å². The molecule has 0 aromatic rings. The number of rotatable bonds is 8. The van der Waals surface area contributed by atoms with Crippen LogP contribution in [0.4, 0.5) is 13.2 Å². The number of hydrogen-bond acceptors (Lipinski definition) is 3. The molecule has 0 aliphatic heterocycles. The van der Waals surface area contributed by atoms with Crippen molar-refractivity contribution in [3.8, 4) is 0 Å². The molecule has 0 aliphatic carbocycles. The standard InChI is InChI=1S/C11H21F3N2OS/c1-4-18-6-5-8(2)16-9(3)10(17)15-7-11(12,13)14/h8-9,16H,4-7H2,1-3H3,(H,15,17). The molecule has 3 nitrogen and oxygen atoms in total. The molecule has 7 heteroatoms. The molecule has 0 aromatic carbocycles. The first kappa shape index (κ1) is 17.6. The maximum Gasteiger partial charge on any atom is 0.405 e. The van der Waals surface area contributed by atoms with Crippen LogP contribution >= 0.6 is 11.8 Å². The molecule has 2 atom stereocenters. The predicted octanol–water partition coefficient (Wildman–Crippen LogP) is 2.17. The maximum atomic E-state index is 11.9. The van der Waals surface area contributed by atoms with E-state index in [1.54, 1.807) is 18.7 Å². The molecule has 2 N–H and O–H groups in total. The molecule has 0 saturated carbocycles. The lowest BCUT2D eigenvalue weighted by Gasteiger charge is -2.19. The number of thioether (sulfide) groups is 1. The van der Waals surface area contributed by atoms with Crippen LogP contribution in [0.1, 0.15) is 27.2 Å². The van der Waals surface area contributed by atoms with Gasteiger partial charge in [-0.25, -0.2) is 0 Å². The van der Waals surface area contributed by atoms with E-state index < -0.39 is 24.7 Å². The highest BCUT2D eigenvalue weighted by Gasteiger charge is 2.28. The van der Waals surface area contributed by atoms with Crippen LogP contribution in [-0.2, 0) is 4.79 Å². The van der Waals surface area contributed by atoms with Crippen LogP contribution in [0.5, 0.6) is 0 Å². The molecule has 0 spiro atoms. The van der Waals surface area contributed by atoms with Crippen LogP contribution in [0.2, 0.25) is 0 Å². The second kappa shape index (κ2) is 8.63. The molecule has 1 amide bonds. The van der Waals surface area contributed by atoms with Gasteiger partial charge in [0, 0.05) is 6.04 Å². The van der Waals surface area contributed by atoms with E-state index in [2.05, 4.69) is 12.2 Å². The molecule has 18 heavy (non-hydrogen) atoms. The Bertz CT molecular complexity index is 249. The van der Waals surface area contributed by atoms with Crippen molar-refractivity contribution in [2.24, 2.45) is 0 Å². The van der Waals surface area contributed by atoms with Crippen molar-refractivity contribution in [2.75, 3.05) is 18.1 Å². The van der Waals surface area contributed by atoms with E-state index in [0.717, 1.165) is 17.9 Å². The van der Waals surface area contributed by atoms with Gasteiger partial charge in [-0.05, 0) is 31.8 Å². The van der Waals surface area contributed by atoms with Crippen molar-refractivity contribution >= 4 is 17.7 Å². The summed E-state index contributed by atoms with van der Waals surface area (Å²) in [5.74, 6) is 1.39. The molecule has 0 saturated heterocycles. The minimum atomic E-state index is -4.36. The smallest absolute Gasteiger partial charge is 0.346 e. The van der Waals surface area contributed by atoms with Crippen LogP contribution in [0.15, 0.2) is 0 Å². The summed E-state index contributed by atoms with van der Waals surface area (Å²) in [4.78, 5) is 11.4. The predicted molar refractivity (Wildman–Crippen MR) is 68.7 cm³/mol. The summed E-state index contributed by atoms with van der Waals surface area (Å²) in [5.41, 5.74) is 0. The average molecular weight is 286 g/mol. The lowest BCUT2D eigenvalue weighted by atomic mass is 10.2. The lowest BCUT2D eigenvalue weighted by Crippen LogP contribution is -2.47. The third-order valence-corrected chi connectivity index (χ3v) is 3.22. The van der Waals surface area contributed by atoms with Gasteiger partial charge in [0.05, 0.1) is 6.04 Å². The molecule has 0 radical (unpaired) electrons. The molecular weight excluding hydrogens is 265 g/mol. The van der Waals surface area contributed by atoms with Crippen LogP contribution in [-0.4, -0.2) is 42.2 Å². The highest BCUT2D eigenvalue weighted by Crippen LogP contribution is 2.12. The summed E-state index contributed by atoms with van der Waals surface area (Å²) in [5, 5.41) is 4.85. The van der Waals surface area contributed by atoms with Crippen LogP contribution in [0.3, 0.4) is 0 Å². The van der Waals surface area contributed by atoms with E-state index >= 15 is 0 Å². The van der Waals surface area contributed by atoms with Gasteiger partial charge in [-0.1, -0.05) is 6.92 Å². The first-order chi connectivity index (χ1) is 8.26. The van der Waals surface area contributed by atoms with Crippen molar-refractivity contribution < 1.29 is 18.0 Å². The lowest BCUT2D eigenvalue weighted by molar-refractivity contribution is -0.139. The molecule has 0 aliphatic rings. The molecule has 0 fully saturated rings. The van der Waals surface area contributed by atoms with Gasteiger partial charge in [0.25, 0.3) is 0 Å². The highest BCUT2D eigenvalue weighted by molar-refractivity contribution is 7.99. The van der Waals surface area contributed by atoms with Gasteiger partial charge >= 0.3 is 6.18 Å². The van der Waals surface area contributed by atoms with Crippen molar-refractivity contribution in [3.05, 3.63) is 0 Å². The Labute approximate surface area is 110 Å². The zero-order valence-electron chi connectivity index (χ0n) is 10.9. The van der Waals surface area contributed by atoms with Crippen molar-refractivity contribution in [1.82, 2.24) is 10.6 Å². The second-order valence-corrected chi connectivity index (χ2v) is 5.50. The van der Waals surface area contributed by atoms with E-state index in [-0.39, 0.29) is 6.04 Å². The van der Waals surface area contributed by atoms with Gasteiger partial charge in [0.1, 0.15) is 6.54 Å². The Morgan fingerprint density at radius 2 is 1.94 bits per heavy atom. The van der Waals surface area contributed by atoms with Crippen LogP contribution in [0.25, 0.3) is 0 Å². The number of alkyl halides is 3. The Morgan fingerprint density at radius 3 is 2.44 bits per heavy atom. The molecular formula is C11H21F3N2OS. The third kappa shape index (κ3) is 9.58. The summed E-state index contributed by atoms with van der Waals surface area (Å²) in [6.45, 7) is 4.27. The minimum absolute atomic E-state index is 0.107. The monoisotopic (exact) mass is 286 g/mol. The van der Waals surface area contributed by atoms with E-state index in [4.69, 9.17) is 0 Å². The quantitative estimate of drug-likeness (QED) is 0.672. The number of nitrogens with one attached hydrogen (secondary N) is 2. The SMILES string of the molecule is CCSCCC(C)NC(C)C(=O)NCC(F)(F)F. The molecule has 0 bridgehead atoms. The summed E-state index contributed by atoms with van der Waals surface area (Å²) in [7, 11) is 0. The van der Waals surface area contributed by atoms with E-state index in [1.165, 1.54) is 0 Å². The normalized spacial score (nSPS) is 15.2. The number of amides is 1. The number of carbonyl (C=O) groups is 1. The Hall–Kier alpha value is -0.430. The first-order valence-electron chi connectivity index (χ1n) is 5.94. The summed E-state index contributed by atoms with van der Waals surface area (Å²) >= 11 is 1.80. The minimum Gasteiger partial charge on any atom is -0.346 e. The van der Waals surface area contributed by atoms with Gasteiger partial charge < -0.3 is 10.6 Å². The number of hydrogen-bond donors (Lipinski definition) is 2. The molecule has 0 heterocycles. The third-order valence-electron chi connectivity index (χ3n) is 2.29. The Morgan fingerprint density at radius 1 is 1.33 bits per heavy atom. The van der Waals surface area contributed by atoms with E-state index in [9.17, 15) is 18.0 Å². The fourth-order valence-corrected chi connectivity index (χ4v) is 2.14. The van der Waals surface area contributed by atoms with Crippen LogP contribution in [0, 0.1) is 0 Å². The molecule has 0 rings (SSSR count). The summed E-state index contributed by atoms with van der Waals surface area (Å²) in [6, 6.07) is -0.510. The zero-order chi connectivity index (χ0) is 14.2. The largest absolute Gasteiger partial charge is 0.405 e. The summed E-state index contributed by atoms with van der Waals surface area (Å²) < 4.78 is 35.7.